The Morgan fingerprint density at radius 1 is 1.45 bits per heavy atom. The summed E-state index contributed by atoms with van der Waals surface area (Å²) in [5, 5.41) is 13.8. The Morgan fingerprint density at radius 3 is 2.65 bits per heavy atom. The molecule has 0 atom stereocenters. The van der Waals surface area contributed by atoms with Crippen LogP contribution < -0.4 is 10.2 Å². The minimum absolute atomic E-state index is 0.00292. The Bertz CT molecular complexity index is 571. The minimum Gasteiger partial charge on any atom is -0.314 e. The molecule has 1 aliphatic heterocycles. The monoisotopic (exact) mass is 281 g/mol. The molecule has 7 heteroatoms. The van der Waals surface area contributed by atoms with Gasteiger partial charge in [-0.05, 0) is 12.1 Å². The zero-order valence-corrected chi connectivity index (χ0v) is 10.9. The number of hydrogen-bond donors (Lipinski definition) is 1. The van der Waals surface area contributed by atoms with Crippen LogP contribution >= 0.6 is 0 Å². The van der Waals surface area contributed by atoms with E-state index in [1.54, 1.807) is 0 Å². The summed E-state index contributed by atoms with van der Waals surface area (Å²) in [5.41, 5.74) is -0.0375. The Morgan fingerprint density at radius 2 is 2.10 bits per heavy atom. The summed E-state index contributed by atoms with van der Waals surface area (Å²) in [6.45, 7) is 0.178. The average Bonchev–Trinajstić information content (AvgIpc) is 2.47. The van der Waals surface area contributed by atoms with Crippen molar-refractivity contribution in [3.8, 4) is 0 Å². The van der Waals surface area contributed by atoms with Crippen molar-refractivity contribution in [1.82, 2.24) is 10.2 Å². The number of anilines is 1. The zero-order valence-electron chi connectivity index (χ0n) is 13.9. The number of amides is 1. The van der Waals surface area contributed by atoms with E-state index in [0.717, 1.165) is 18.0 Å². The molecular weight excluding hydrogens is 260 g/mol. The summed E-state index contributed by atoms with van der Waals surface area (Å²) >= 11 is 0. The molecule has 20 heavy (non-hydrogen) atoms. The number of carbonyl (C=O) groups excluding carboxylic acids is 1. The Kier molecular flexibility index (Phi) is 3.47. The minimum atomic E-state index is -2.65. The van der Waals surface area contributed by atoms with E-state index in [1.807, 2.05) is 4.90 Å². The third-order valence-corrected chi connectivity index (χ3v) is 3.14. The first-order chi connectivity index (χ1) is 10.8. The molecule has 0 spiro atoms. The summed E-state index contributed by atoms with van der Waals surface area (Å²) in [6, 6.07) is 4.93. The van der Waals surface area contributed by atoms with Crippen molar-refractivity contribution in [2.75, 3.05) is 44.6 Å². The van der Waals surface area contributed by atoms with Crippen LogP contribution in [0, 0.1) is 10.1 Å². The molecule has 1 amide bonds. The number of rotatable bonds is 4. The normalized spacial score (nSPS) is 18.7. The van der Waals surface area contributed by atoms with Gasteiger partial charge in [0, 0.05) is 55.1 Å². The van der Waals surface area contributed by atoms with Crippen molar-refractivity contribution >= 4 is 17.3 Å². The van der Waals surface area contributed by atoms with Gasteiger partial charge in [-0.3, -0.25) is 19.8 Å². The molecule has 1 aromatic carbocycles. The molecule has 0 aromatic heterocycles. The molecule has 0 aliphatic carbocycles. The molecule has 1 N–H and O–H groups in total. The average molecular weight is 281 g/mol. The highest BCUT2D eigenvalue weighted by molar-refractivity contribution is 5.94. The topological polar surface area (TPSA) is 78.7 Å². The lowest BCUT2D eigenvalue weighted by molar-refractivity contribution is -0.384. The van der Waals surface area contributed by atoms with Gasteiger partial charge in [0.2, 0.25) is 5.91 Å². The van der Waals surface area contributed by atoms with Crippen molar-refractivity contribution in [1.29, 1.82) is 0 Å². The van der Waals surface area contributed by atoms with Gasteiger partial charge < -0.3 is 10.2 Å². The van der Waals surface area contributed by atoms with Gasteiger partial charge in [-0.25, -0.2) is 0 Å². The second kappa shape index (κ2) is 6.44. The van der Waals surface area contributed by atoms with Gasteiger partial charge in [0.15, 0.2) is 0 Å². The molecular formula is C13H18N4O3. The highest BCUT2D eigenvalue weighted by Crippen LogP contribution is 2.18. The molecule has 1 saturated heterocycles. The van der Waals surface area contributed by atoms with E-state index in [1.165, 1.54) is 24.3 Å². The number of carbonyl (C=O) groups is 1. The summed E-state index contributed by atoms with van der Waals surface area (Å²) in [5.74, 6) is -0.555. The first-order valence-corrected chi connectivity index (χ1v) is 6.29. The second-order valence-electron chi connectivity index (χ2n) is 4.53. The van der Waals surface area contributed by atoms with Crippen LogP contribution in [0.4, 0.5) is 11.4 Å². The van der Waals surface area contributed by atoms with Gasteiger partial charge in [0.25, 0.3) is 5.69 Å². The second-order valence-corrected chi connectivity index (χ2v) is 4.53. The summed E-state index contributed by atoms with van der Waals surface area (Å²) in [7, 11) is 0. The summed E-state index contributed by atoms with van der Waals surface area (Å²) < 4.78 is 22.8. The lowest BCUT2D eigenvalue weighted by atomic mass is 10.2. The van der Waals surface area contributed by atoms with Crippen LogP contribution in [0.1, 0.15) is 4.11 Å². The number of nitrogens with zero attached hydrogens (tertiary/aromatic N) is 3. The van der Waals surface area contributed by atoms with Crippen molar-refractivity contribution < 1.29 is 13.8 Å². The first kappa shape index (κ1) is 10.8. The lowest BCUT2D eigenvalue weighted by Crippen LogP contribution is -2.47. The molecule has 108 valence electrons. The van der Waals surface area contributed by atoms with Crippen molar-refractivity contribution in [2.24, 2.45) is 0 Å². The number of piperazine rings is 1. The third kappa shape index (κ3) is 3.52. The van der Waals surface area contributed by atoms with Crippen LogP contribution in [0.5, 0.6) is 0 Å². The molecule has 1 aromatic rings. The number of nitro groups is 1. The molecule has 7 nitrogen and oxygen atoms in total. The number of hydrogen-bond acceptors (Lipinski definition) is 5. The molecule has 2 rings (SSSR count). The molecule has 0 bridgehead atoms. The molecule has 0 saturated carbocycles. The highest BCUT2D eigenvalue weighted by atomic mass is 16.6. The number of likely N-dealkylation sites (N-methyl/N-ethyl adjacent to an activating group) is 1. The third-order valence-electron chi connectivity index (χ3n) is 3.14. The smallest absolute Gasteiger partial charge is 0.269 e. The zero-order chi connectivity index (χ0) is 17.0. The molecule has 1 heterocycles. The summed E-state index contributed by atoms with van der Waals surface area (Å²) in [4.78, 5) is 25.1. The van der Waals surface area contributed by atoms with E-state index in [9.17, 15) is 14.9 Å². The van der Waals surface area contributed by atoms with Gasteiger partial charge in [-0.2, -0.15) is 0 Å². The van der Waals surface area contributed by atoms with Crippen LogP contribution in [0.15, 0.2) is 24.3 Å². The van der Waals surface area contributed by atoms with Crippen molar-refractivity contribution in [2.45, 2.75) is 0 Å². The van der Waals surface area contributed by atoms with Gasteiger partial charge in [0.1, 0.15) is 0 Å². The van der Waals surface area contributed by atoms with Gasteiger partial charge >= 0.3 is 0 Å². The van der Waals surface area contributed by atoms with Gasteiger partial charge in [-0.15, -0.1) is 0 Å². The number of nitrogens with one attached hydrogen (secondary N) is 1. The maximum atomic E-state index is 12.4. The SMILES string of the molecule is [2H]C([2H])([2H])N(C(=O)CN1CCNCC1)c1ccc([N+](=O)[O-])cc1. The Hall–Kier alpha value is -1.99. The highest BCUT2D eigenvalue weighted by Gasteiger charge is 2.17. The lowest BCUT2D eigenvalue weighted by Gasteiger charge is -2.28. The van der Waals surface area contributed by atoms with E-state index in [2.05, 4.69) is 5.32 Å². The van der Waals surface area contributed by atoms with Crippen molar-refractivity contribution in [3.63, 3.8) is 0 Å². The number of benzene rings is 1. The maximum absolute atomic E-state index is 12.4. The van der Waals surface area contributed by atoms with E-state index >= 15 is 0 Å². The Balaban J connectivity index is 2.19. The van der Waals surface area contributed by atoms with Crippen LogP contribution in [0.2, 0.25) is 0 Å². The van der Waals surface area contributed by atoms with E-state index in [-0.39, 0.29) is 17.9 Å². The van der Waals surface area contributed by atoms with Crippen LogP contribution in [-0.4, -0.2) is 55.4 Å². The first-order valence-electron chi connectivity index (χ1n) is 7.79. The molecule has 0 unspecified atom stereocenters. The fourth-order valence-corrected chi connectivity index (χ4v) is 2.00. The standard InChI is InChI=1S/C13H18N4O3/c1-15(11-2-4-12(5-3-11)17(19)20)13(18)10-16-8-6-14-7-9-16/h2-5,14H,6-10H2,1H3/i1D3. The molecule has 1 fully saturated rings. The van der Waals surface area contributed by atoms with Crippen LogP contribution in [0.3, 0.4) is 0 Å². The van der Waals surface area contributed by atoms with Crippen LogP contribution in [-0.2, 0) is 4.79 Å². The van der Waals surface area contributed by atoms with E-state index in [4.69, 9.17) is 4.11 Å². The summed E-state index contributed by atoms with van der Waals surface area (Å²) in [6.07, 6.45) is 0. The fourth-order valence-electron chi connectivity index (χ4n) is 2.00. The predicted octanol–water partition coefficient (Wildman–Crippen LogP) is 0.463. The fraction of sp³-hybridized carbons (Fsp3) is 0.462. The van der Waals surface area contributed by atoms with Gasteiger partial charge in [0.05, 0.1) is 11.5 Å². The predicted molar refractivity (Wildman–Crippen MR) is 75.8 cm³/mol. The molecule has 0 radical (unpaired) electrons. The van der Waals surface area contributed by atoms with Crippen molar-refractivity contribution in [3.05, 3.63) is 34.4 Å². The van der Waals surface area contributed by atoms with E-state index < -0.39 is 17.8 Å². The van der Waals surface area contributed by atoms with Crippen LogP contribution in [0.25, 0.3) is 0 Å². The number of non-ortho nitro benzene ring substituents is 1. The Labute approximate surface area is 121 Å². The maximum Gasteiger partial charge on any atom is 0.269 e. The largest absolute Gasteiger partial charge is 0.314 e. The van der Waals surface area contributed by atoms with E-state index in [0.29, 0.717) is 13.1 Å². The molecule has 1 aliphatic rings. The van der Waals surface area contributed by atoms with Gasteiger partial charge in [-0.1, -0.05) is 0 Å². The quantitative estimate of drug-likeness (QED) is 0.641. The number of nitro benzene ring substituents is 1.